The van der Waals surface area contributed by atoms with Gasteiger partial charge >= 0.3 is 0 Å². The van der Waals surface area contributed by atoms with Gasteiger partial charge in [0.05, 0.1) is 6.61 Å². The standard InChI is InChI=1S/C17H24FNO/c1-2-3-8-19-9-6-12-4-5-13-11-15(18)17-14(16(12)13)7-10-20-17/h11-12,19H,2-10H2,1H3. The molecule has 0 radical (unpaired) electrons. The van der Waals surface area contributed by atoms with Crippen molar-refractivity contribution in [1.82, 2.24) is 5.32 Å². The molecule has 0 saturated carbocycles. The number of aryl methyl sites for hydroxylation is 1. The van der Waals surface area contributed by atoms with Crippen LogP contribution < -0.4 is 10.1 Å². The topological polar surface area (TPSA) is 21.3 Å². The molecule has 3 rings (SSSR count). The number of hydrogen-bond acceptors (Lipinski definition) is 2. The Bertz CT molecular complexity index is 486. The Balaban J connectivity index is 1.69. The monoisotopic (exact) mass is 277 g/mol. The number of nitrogens with one attached hydrogen (secondary N) is 1. The van der Waals surface area contributed by atoms with E-state index in [2.05, 4.69) is 12.2 Å². The van der Waals surface area contributed by atoms with E-state index in [-0.39, 0.29) is 5.82 Å². The Morgan fingerprint density at radius 2 is 2.25 bits per heavy atom. The van der Waals surface area contributed by atoms with E-state index >= 15 is 0 Å². The van der Waals surface area contributed by atoms with Crippen molar-refractivity contribution < 1.29 is 9.13 Å². The Hall–Kier alpha value is -1.09. The molecule has 2 aliphatic rings. The minimum Gasteiger partial charge on any atom is -0.490 e. The second-order valence-corrected chi connectivity index (χ2v) is 5.97. The molecule has 1 N–H and O–H groups in total. The van der Waals surface area contributed by atoms with E-state index in [4.69, 9.17) is 4.74 Å². The van der Waals surface area contributed by atoms with E-state index in [0.29, 0.717) is 18.3 Å². The molecule has 1 atom stereocenters. The van der Waals surface area contributed by atoms with Gasteiger partial charge in [0.25, 0.3) is 0 Å². The summed E-state index contributed by atoms with van der Waals surface area (Å²) in [4.78, 5) is 0. The van der Waals surface area contributed by atoms with Crippen LogP contribution in [-0.4, -0.2) is 19.7 Å². The van der Waals surface area contributed by atoms with Crippen LogP contribution in [0.25, 0.3) is 0 Å². The van der Waals surface area contributed by atoms with Crippen molar-refractivity contribution in [3.63, 3.8) is 0 Å². The molecule has 0 bridgehead atoms. The van der Waals surface area contributed by atoms with E-state index in [1.165, 1.54) is 30.4 Å². The van der Waals surface area contributed by atoms with Crippen molar-refractivity contribution in [3.8, 4) is 5.75 Å². The van der Waals surface area contributed by atoms with Gasteiger partial charge in [-0.05, 0) is 61.9 Å². The molecular formula is C17H24FNO. The SMILES string of the molecule is CCCCNCCC1CCc2cc(F)c3c(c21)CCO3. The number of benzene rings is 1. The van der Waals surface area contributed by atoms with Crippen LogP contribution in [0, 0.1) is 5.82 Å². The first-order chi connectivity index (χ1) is 9.81. The zero-order chi connectivity index (χ0) is 13.9. The average molecular weight is 277 g/mol. The summed E-state index contributed by atoms with van der Waals surface area (Å²) in [5.74, 6) is 0.975. The number of hydrogen-bond donors (Lipinski definition) is 1. The molecule has 0 fully saturated rings. The molecule has 110 valence electrons. The van der Waals surface area contributed by atoms with Gasteiger partial charge < -0.3 is 10.1 Å². The highest BCUT2D eigenvalue weighted by atomic mass is 19.1. The Morgan fingerprint density at radius 1 is 1.35 bits per heavy atom. The lowest BCUT2D eigenvalue weighted by Crippen LogP contribution is -2.18. The van der Waals surface area contributed by atoms with E-state index in [1.54, 1.807) is 6.07 Å². The normalized spacial score (nSPS) is 19.8. The number of ether oxygens (including phenoxy) is 1. The maximum absolute atomic E-state index is 13.9. The molecule has 0 amide bonds. The largest absolute Gasteiger partial charge is 0.490 e. The van der Waals surface area contributed by atoms with Gasteiger partial charge in [0.2, 0.25) is 0 Å². The maximum Gasteiger partial charge on any atom is 0.165 e. The fourth-order valence-electron chi connectivity index (χ4n) is 3.60. The lowest BCUT2D eigenvalue weighted by Gasteiger charge is -2.15. The van der Waals surface area contributed by atoms with Crippen molar-refractivity contribution >= 4 is 0 Å². The third kappa shape index (κ3) is 2.56. The summed E-state index contributed by atoms with van der Waals surface area (Å²) in [6.45, 7) is 5.04. The molecule has 1 aromatic rings. The van der Waals surface area contributed by atoms with Crippen LogP contribution in [-0.2, 0) is 12.8 Å². The molecule has 0 saturated heterocycles. The fraction of sp³-hybridized carbons (Fsp3) is 0.647. The lowest BCUT2D eigenvalue weighted by molar-refractivity contribution is 0.339. The highest BCUT2D eigenvalue weighted by Crippen LogP contribution is 2.44. The summed E-state index contributed by atoms with van der Waals surface area (Å²) < 4.78 is 19.4. The summed E-state index contributed by atoms with van der Waals surface area (Å²) in [5, 5.41) is 3.52. The molecule has 0 aromatic heterocycles. The highest BCUT2D eigenvalue weighted by molar-refractivity contribution is 5.52. The van der Waals surface area contributed by atoms with Gasteiger partial charge in [-0.1, -0.05) is 13.3 Å². The lowest BCUT2D eigenvalue weighted by atomic mass is 9.91. The Morgan fingerprint density at radius 3 is 3.10 bits per heavy atom. The minimum atomic E-state index is -0.155. The number of unbranched alkanes of at least 4 members (excludes halogenated alkanes) is 1. The zero-order valence-corrected chi connectivity index (χ0v) is 12.3. The first-order valence-electron chi connectivity index (χ1n) is 7.99. The molecule has 1 unspecified atom stereocenters. The van der Waals surface area contributed by atoms with Gasteiger partial charge in [0.15, 0.2) is 11.6 Å². The van der Waals surface area contributed by atoms with Gasteiger partial charge in [-0.2, -0.15) is 0 Å². The molecule has 1 aliphatic heterocycles. The third-order valence-electron chi connectivity index (χ3n) is 4.61. The minimum absolute atomic E-state index is 0.155. The third-order valence-corrected chi connectivity index (χ3v) is 4.61. The van der Waals surface area contributed by atoms with Gasteiger partial charge in [-0.15, -0.1) is 0 Å². The molecule has 3 heteroatoms. The Labute approximate surface area is 120 Å². The number of rotatable bonds is 6. The first-order valence-corrected chi connectivity index (χ1v) is 7.99. The number of fused-ring (bicyclic) bond motifs is 3. The van der Waals surface area contributed by atoms with Crippen molar-refractivity contribution in [1.29, 1.82) is 0 Å². The predicted octanol–water partition coefficient (Wildman–Crippen LogP) is 3.57. The molecule has 1 heterocycles. The van der Waals surface area contributed by atoms with Crippen molar-refractivity contribution in [2.24, 2.45) is 0 Å². The summed E-state index contributed by atoms with van der Waals surface area (Å²) in [6, 6.07) is 1.71. The van der Waals surface area contributed by atoms with Gasteiger partial charge in [0.1, 0.15) is 0 Å². The van der Waals surface area contributed by atoms with Crippen molar-refractivity contribution in [2.75, 3.05) is 19.7 Å². The molecule has 1 aliphatic carbocycles. The van der Waals surface area contributed by atoms with Gasteiger partial charge in [-0.3, -0.25) is 0 Å². The molecular weight excluding hydrogens is 253 g/mol. The van der Waals surface area contributed by atoms with Crippen LogP contribution in [0.2, 0.25) is 0 Å². The maximum atomic E-state index is 13.9. The van der Waals surface area contributed by atoms with E-state index < -0.39 is 0 Å². The van der Waals surface area contributed by atoms with Gasteiger partial charge in [-0.25, -0.2) is 4.39 Å². The van der Waals surface area contributed by atoms with Crippen LogP contribution in [0.4, 0.5) is 4.39 Å². The molecule has 0 spiro atoms. The van der Waals surface area contributed by atoms with Crippen LogP contribution in [0.15, 0.2) is 6.07 Å². The summed E-state index contributed by atoms with van der Waals surface area (Å²) in [6.07, 6.45) is 6.73. The average Bonchev–Trinajstić information content (AvgIpc) is 3.05. The van der Waals surface area contributed by atoms with Crippen LogP contribution >= 0.6 is 0 Å². The quantitative estimate of drug-likeness (QED) is 0.803. The van der Waals surface area contributed by atoms with Crippen LogP contribution in [0.5, 0.6) is 5.75 Å². The summed E-state index contributed by atoms with van der Waals surface area (Å²) in [5.41, 5.74) is 3.80. The molecule has 20 heavy (non-hydrogen) atoms. The van der Waals surface area contributed by atoms with Crippen molar-refractivity contribution in [3.05, 3.63) is 28.6 Å². The van der Waals surface area contributed by atoms with Crippen molar-refractivity contribution in [2.45, 2.75) is 51.4 Å². The van der Waals surface area contributed by atoms with E-state index in [0.717, 1.165) is 37.9 Å². The summed E-state index contributed by atoms with van der Waals surface area (Å²) in [7, 11) is 0. The molecule has 1 aromatic carbocycles. The van der Waals surface area contributed by atoms with Crippen LogP contribution in [0.3, 0.4) is 0 Å². The zero-order valence-electron chi connectivity index (χ0n) is 12.3. The number of halogens is 1. The summed E-state index contributed by atoms with van der Waals surface area (Å²) >= 11 is 0. The predicted molar refractivity (Wildman–Crippen MR) is 79.1 cm³/mol. The van der Waals surface area contributed by atoms with Crippen LogP contribution in [0.1, 0.15) is 55.2 Å². The molecule has 2 nitrogen and oxygen atoms in total. The van der Waals surface area contributed by atoms with Gasteiger partial charge in [0, 0.05) is 12.0 Å². The smallest absolute Gasteiger partial charge is 0.165 e. The van der Waals surface area contributed by atoms with E-state index in [1.807, 2.05) is 0 Å². The highest BCUT2D eigenvalue weighted by Gasteiger charge is 2.31. The second kappa shape index (κ2) is 6.13. The fourth-order valence-corrected chi connectivity index (χ4v) is 3.60. The second-order valence-electron chi connectivity index (χ2n) is 5.97. The van der Waals surface area contributed by atoms with E-state index in [9.17, 15) is 4.39 Å². The first kappa shape index (κ1) is 13.9. The Kier molecular flexibility index (Phi) is 4.25.